The summed E-state index contributed by atoms with van der Waals surface area (Å²) in [5, 5.41) is 7.72. The van der Waals surface area contributed by atoms with Gasteiger partial charge in [0.2, 0.25) is 0 Å². The van der Waals surface area contributed by atoms with Crippen LogP contribution in [0.25, 0.3) is 0 Å². The van der Waals surface area contributed by atoms with Crippen LogP contribution >= 0.6 is 11.6 Å². The van der Waals surface area contributed by atoms with E-state index in [4.69, 9.17) is 16.9 Å². The average Bonchev–Trinajstić information content (AvgIpc) is 2.30. The average molecular weight is 170 g/mol. The Hall–Kier alpha value is -1.34. The van der Waals surface area contributed by atoms with Crippen molar-refractivity contribution in [2.45, 2.75) is 0 Å². The van der Waals surface area contributed by atoms with Crippen molar-refractivity contribution in [3.05, 3.63) is 17.7 Å². The third-order valence-electron chi connectivity index (χ3n) is 1.17. The van der Waals surface area contributed by atoms with Gasteiger partial charge in [0.1, 0.15) is 6.07 Å². The Balaban J connectivity index is 3.20. The molecule has 0 saturated carbocycles. The van der Waals surface area contributed by atoms with E-state index >= 15 is 0 Å². The standard InChI is InChI=1S/C6H4ClN3O/c1-10-3-4(2-8)9-6(10)5(7)11/h3H,1H3. The molecule has 1 rings (SSSR count). The Labute approximate surface area is 68.0 Å². The van der Waals surface area contributed by atoms with Gasteiger partial charge in [0.25, 0.3) is 5.24 Å². The molecule has 56 valence electrons. The van der Waals surface area contributed by atoms with Crippen LogP contribution in [0.4, 0.5) is 0 Å². The zero-order valence-electron chi connectivity index (χ0n) is 5.71. The zero-order valence-corrected chi connectivity index (χ0v) is 6.46. The third-order valence-corrected chi connectivity index (χ3v) is 1.34. The lowest BCUT2D eigenvalue weighted by atomic mass is 10.5. The molecule has 0 unspecified atom stereocenters. The maximum absolute atomic E-state index is 10.6. The number of hydrogen-bond acceptors (Lipinski definition) is 3. The Kier molecular flexibility index (Phi) is 1.92. The summed E-state index contributed by atoms with van der Waals surface area (Å²) in [6, 6.07) is 1.80. The number of imidazole rings is 1. The fourth-order valence-electron chi connectivity index (χ4n) is 0.703. The van der Waals surface area contributed by atoms with Gasteiger partial charge in [0, 0.05) is 13.2 Å². The first-order valence-electron chi connectivity index (χ1n) is 2.78. The molecule has 0 spiro atoms. The molecule has 0 aliphatic carbocycles. The quantitative estimate of drug-likeness (QED) is 0.581. The summed E-state index contributed by atoms with van der Waals surface area (Å²) >= 11 is 5.15. The second-order valence-electron chi connectivity index (χ2n) is 1.95. The summed E-state index contributed by atoms with van der Waals surface area (Å²) in [6.07, 6.45) is 1.44. The van der Waals surface area contributed by atoms with E-state index in [0.29, 0.717) is 0 Å². The zero-order chi connectivity index (χ0) is 8.43. The summed E-state index contributed by atoms with van der Waals surface area (Å²) in [7, 11) is 1.60. The maximum Gasteiger partial charge on any atom is 0.288 e. The van der Waals surface area contributed by atoms with Crippen molar-refractivity contribution in [3.8, 4) is 6.07 Å². The molecule has 1 aromatic rings. The van der Waals surface area contributed by atoms with Crippen molar-refractivity contribution in [2.75, 3.05) is 0 Å². The van der Waals surface area contributed by atoms with Gasteiger partial charge in [-0.25, -0.2) is 4.98 Å². The smallest absolute Gasteiger partial charge is 0.288 e. The van der Waals surface area contributed by atoms with Gasteiger partial charge in [-0.2, -0.15) is 5.26 Å². The van der Waals surface area contributed by atoms with E-state index in [2.05, 4.69) is 4.98 Å². The predicted molar refractivity (Wildman–Crippen MR) is 38.1 cm³/mol. The first-order chi connectivity index (χ1) is 5.15. The molecule has 11 heavy (non-hydrogen) atoms. The minimum atomic E-state index is -0.658. The van der Waals surface area contributed by atoms with Crippen molar-refractivity contribution >= 4 is 16.8 Å². The molecule has 0 fully saturated rings. The highest BCUT2D eigenvalue weighted by Gasteiger charge is 2.09. The van der Waals surface area contributed by atoms with Crippen LogP contribution in [-0.4, -0.2) is 14.8 Å². The monoisotopic (exact) mass is 169 g/mol. The minimum Gasteiger partial charge on any atom is -0.329 e. The lowest BCUT2D eigenvalue weighted by Gasteiger charge is -1.90. The number of carbonyl (C=O) groups is 1. The number of halogens is 1. The topological polar surface area (TPSA) is 58.7 Å². The molecular formula is C6H4ClN3O. The molecule has 4 nitrogen and oxygen atoms in total. The van der Waals surface area contributed by atoms with Crippen molar-refractivity contribution in [1.82, 2.24) is 9.55 Å². The number of aryl methyl sites for hydroxylation is 1. The highest BCUT2D eigenvalue weighted by molar-refractivity contribution is 6.67. The Morgan fingerprint density at radius 3 is 2.82 bits per heavy atom. The molecular weight excluding hydrogens is 166 g/mol. The van der Waals surface area contributed by atoms with Crippen LogP contribution < -0.4 is 0 Å². The molecule has 0 aromatic carbocycles. The van der Waals surface area contributed by atoms with Crippen LogP contribution in [0, 0.1) is 11.3 Å². The van der Waals surface area contributed by atoms with Gasteiger partial charge in [-0.15, -0.1) is 0 Å². The van der Waals surface area contributed by atoms with Gasteiger partial charge < -0.3 is 4.57 Å². The van der Waals surface area contributed by atoms with Gasteiger partial charge in [0.15, 0.2) is 11.5 Å². The summed E-state index contributed by atoms with van der Waals surface area (Å²) in [4.78, 5) is 14.2. The van der Waals surface area contributed by atoms with E-state index in [-0.39, 0.29) is 11.5 Å². The summed E-state index contributed by atoms with van der Waals surface area (Å²) in [5.74, 6) is 0.0863. The molecule has 0 aliphatic heterocycles. The number of nitrogens with zero attached hydrogens (tertiary/aromatic N) is 3. The second kappa shape index (κ2) is 2.72. The van der Waals surface area contributed by atoms with E-state index in [0.717, 1.165) is 0 Å². The van der Waals surface area contributed by atoms with E-state index in [9.17, 15) is 4.79 Å². The van der Waals surface area contributed by atoms with Gasteiger partial charge >= 0.3 is 0 Å². The van der Waals surface area contributed by atoms with Crippen molar-refractivity contribution in [1.29, 1.82) is 5.26 Å². The molecule has 0 N–H and O–H groups in total. The van der Waals surface area contributed by atoms with Crippen LogP contribution in [0.2, 0.25) is 0 Å². The van der Waals surface area contributed by atoms with Crippen molar-refractivity contribution in [2.24, 2.45) is 7.05 Å². The molecule has 0 amide bonds. The number of nitriles is 1. The number of rotatable bonds is 1. The third kappa shape index (κ3) is 1.38. The predicted octanol–water partition coefficient (Wildman–Crippen LogP) is 0.671. The molecule has 0 aliphatic rings. The first-order valence-corrected chi connectivity index (χ1v) is 3.16. The van der Waals surface area contributed by atoms with E-state index in [1.165, 1.54) is 10.8 Å². The summed E-state index contributed by atoms with van der Waals surface area (Å²) in [5.41, 5.74) is 0.191. The molecule has 0 bridgehead atoms. The Morgan fingerprint density at radius 1 is 1.91 bits per heavy atom. The maximum atomic E-state index is 10.6. The van der Waals surface area contributed by atoms with Crippen LogP contribution in [0.1, 0.15) is 16.3 Å². The largest absolute Gasteiger partial charge is 0.329 e. The van der Waals surface area contributed by atoms with Gasteiger partial charge in [0.05, 0.1) is 0 Å². The van der Waals surface area contributed by atoms with Crippen LogP contribution in [0.5, 0.6) is 0 Å². The molecule has 0 radical (unpaired) electrons. The Bertz CT molecular complexity index is 336. The van der Waals surface area contributed by atoms with Gasteiger partial charge in [-0.3, -0.25) is 4.79 Å². The van der Waals surface area contributed by atoms with E-state index in [1.807, 2.05) is 0 Å². The normalized spacial score (nSPS) is 9.18. The van der Waals surface area contributed by atoms with Crippen molar-refractivity contribution < 1.29 is 4.79 Å². The summed E-state index contributed by atoms with van der Waals surface area (Å²) in [6.45, 7) is 0. The lowest BCUT2D eigenvalue weighted by molar-refractivity contribution is 0.107. The molecule has 1 heterocycles. The van der Waals surface area contributed by atoms with E-state index < -0.39 is 5.24 Å². The number of hydrogen-bond donors (Lipinski definition) is 0. The summed E-state index contributed by atoms with van der Waals surface area (Å²) < 4.78 is 1.41. The highest BCUT2D eigenvalue weighted by atomic mass is 35.5. The molecule has 5 heteroatoms. The number of carbonyl (C=O) groups excluding carboxylic acids is 1. The van der Waals surface area contributed by atoms with Crippen LogP contribution in [-0.2, 0) is 7.05 Å². The molecule has 0 saturated heterocycles. The van der Waals surface area contributed by atoms with Crippen LogP contribution in [0.15, 0.2) is 6.20 Å². The minimum absolute atomic E-state index is 0.0863. The highest BCUT2D eigenvalue weighted by Crippen LogP contribution is 2.02. The van der Waals surface area contributed by atoms with Gasteiger partial charge in [-0.1, -0.05) is 0 Å². The Morgan fingerprint density at radius 2 is 2.55 bits per heavy atom. The fraction of sp³-hybridized carbons (Fsp3) is 0.167. The van der Waals surface area contributed by atoms with E-state index in [1.54, 1.807) is 13.1 Å². The molecule has 1 aromatic heterocycles. The van der Waals surface area contributed by atoms with Crippen LogP contribution in [0.3, 0.4) is 0 Å². The lowest BCUT2D eigenvalue weighted by Crippen LogP contribution is -1.99. The first kappa shape index (κ1) is 7.76. The number of aromatic nitrogens is 2. The fourth-order valence-corrected chi connectivity index (χ4v) is 0.878. The van der Waals surface area contributed by atoms with Crippen molar-refractivity contribution in [3.63, 3.8) is 0 Å². The SMILES string of the molecule is Cn1cc(C#N)nc1C(=O)Cl. The molecule has 0 atom stereocenters. The second-order valence-corrected chi connectivity index (χ2v) is 2.29. The van der Waals surface area contributed by atoms with Gasteiger partial charge in [-0.05, 0) is 11.6 Å².